The highest BCUT2D eigenvalue weighted by Gasteiger charge is 2.20. The first-order valence-corrected chi connectivity index (χ1v) is 5.79. The van der Waals surface area contributed by atoms with Crippen LogP contribution in [-0.2, 0) is 18.9 Å². The van der Waals surface area contributed by atoms with E-state index < -0.39 is 6.16 Å². The fourth-order valence-electron chi connectivity index (χ4n) is 1.84. The maximum absolute atomic E-state index is 11.2. The van der Waals surface area contributed by atoms with Gasteiger partial charge < -0.3 is 18.9 Å². The molecule has 2 rings (SSSR count). The summed E-state index contributed by atoms with van der Waals surface area (Å²) in [5.74, 6) is 0.671. The van der Waals surface area contributed by atoms with Gasteiger partial charge in [-0.15, -0.1) is 0 Å². The Hall–Kier alpha value is -0.810. The molecular formula is C11H18O5. The first-order valence-electron chi connectivity index (χ1n) is 5.79. The highest BCUT2D eigenvalue weighted by molar-refractivity contribution is 5.59. The molecule has 0 amide bonds. The lowest BCUT2D eigenvalue weighted by molar-refractivity contribution is 0.0319. The van der Waals surface area contributed by atoms with Crippen molar-refractivity contribution in [3.8, 4) is 0 Å². The van der Waals surface area contributed by atoms with Gasteiger partial charge in [0.1, 0.15) is 13.2 Å². The summed E-state index contributed by atoms with van der Waals surface area (Å²) >= 11 is 0. The largest absolute Gasteiger partial charge is 0.508 e. The molecule has 2 fully saturated rings. The van der Waals surface area contributed by atoms with Gasteiger partial charge in [-0.3, -0.25) is 0 Å². The molecule has 5 nitrogen and oxygen atoms in total. The third-order valence-electron chi connectivity index (χ3n) is 2.92. The van der Waals surface area contributed by atoms with Crippen LogP contribution in [0, 0.1) is 11.8 Å². The number of hydrogen-bond acceptors (Lipinski definition) is 5. The number of carbonyl (C=O) groups is 1. The van der Waals surface area contributed by atoms with Crippen LogP contribution in [0.25, 0.3) is 0 Å². The summed E-state index contributed by atoms with van der Waals surface area (Å²) in [6, 6.07) is 0. The molecule has 2 aliphatic rings. The molecule has 0 aromatic carbocycles. The van der Waals surface area contributed by atoms with Crippen molar-refractivity contribution in [2.45, 2.75) is 12.8 Å². The van der Waals surface area contributed by atoms with Gasteiger partial charge in [-0.1, -0.05) is 0 Å². The molecule has 92 valence electrons. The van der Waals surface area contributed by atoms with Crippen molar-refractivity contribution >= 4 is 6.16 Å². The summed E-state index contributed by atoms with van der Waals surface area (Å²) in [7, 11) is 0. The molecule has 0 aliphatic carbocycles. The molecule has 0 aromatic rings. The molecular weight excluding hydrogens is 212 g/mol. The molecule has 2 saturated heterocycles. The normalized spacial score (nSPS) is 29.2. The molecule has 0 radical (unpaired) electrons. The van der Waals surface area contributed by atoms with Crippen molar-refractivity contribution in [3.63, 3.8) is 0 Å². The second kappa shape index (κ2) is 6.06. The molecule has 2 heterocycles. The summed E-state index contributed by atoms with van der Waals surface area (Å²) in [5, 5.41) is 0. The lowest BCUT2D eigenvalue weighted by Crippen LogP contribution is -2.18. The van der Waals surface area contributed by atoms with Crippen molar-refractivity contribution in [1.82, 2.24) is 0 Å². The summed E-state index contributed by atoms with van der Waals surface area (Å²) in [5.41, 5.74) is 0. The Kier molecular flexibility index (Phi) is 4.42. The van der Waals surface area contributed by atoms with E-state index in [2.05, 4.69) is 0 Å². The summed E-state index contributed by atoms with van der Waals surface area (Å²) in [6.45, 7) is 3.71. The molecule has 2 atom stereocenters. The summed E-state index contributed by atoms with van der Waals surface area (Å²) < 4.78 is 20.4. The molecule has 0 saturated carbocycles. The Morgan fingerprint density at radius 2 is 1.50 bits per heavy atom. The Bertz CT molecular complexity index is 196. The van der Waals surface area contributed by atoms with E-state index in [-0.39, 0.29) is 0 Å². The van der Waals surface area contributed by atoms with Crippen LogP contribution in [0.5, 0.6) is 0 Å². The van der Waals surface area contributed by atoms with Gasteiger partial charge in [0, 0.05) is 25.0 Å². The Balaban J connectivity index is 1.53. The Morgan fingerprint density at radius 3 is 1.88 bits per heavy atom. The van der Waals surface area contributed by atoms with Crippen LogP contribution < -0.4 is 0 Å². The van der Waals surface area contributed by atoms with Crippen molar-refractivity contribution in [1.29, 1.82) is 0 Å². The minimum atomic E-state index is -0.571. The number of carbonyl (C=O) groups excluding carboxylic acids is 1. The first kappa shape index (κ1) is 11.7. The maximum Gasteiger partial charge on any atom is 0.508 e. The molecule has 0 N–H and O–H groups in total. The molecule has 0 aromatic heterocycles. The van der Waals surface area contributed by atoms with Gasteiger partial charge in [-0.05, 0) is 12.8 Å². The van der Waals surface area contributed by atoms with E-state index in [1.54, 1.807) is 0 Å². The van der Waals surface area contributed by atoms with E-state index in [1.807, 2.05) is 0 Å². The summed E-state index contributed by atoms with van der Waals surface area (Å²) in [4.78, 5) is 11.2. The molecule has 2 aliphatic heterocycles. The predicted molar refractivity (Wildman–Crippen MR) is 55.2 cm³/mol. The van der Waals surface area contributed by atoms with Gasteiger partial charge in [0.2, 0.25) is 0 Å². The number of ether oxygens (including phenoxy) is 4. The average Bonchev–Trinajstić information content (AvgIpc) is 2.96. The minimum absolute atomic E-state index is 0.336. The smallest absolute Gasteiger partial charge is 0.434 e. The van der Waals surface area contributed by atoms with Crippen LogP contribution in [0.4, 0.5) is 4.79 Å². The topological polar surface area (TPSA) is 54.0 Å². The zero-order chi connectivity index (χ0) is 11.2. The van der Waals surface area contributed by atoms with Gasteiger partial charge >= 0.3 is 6.16 Å². The van der Waals surface area contributed by atoms with Crippen LogP contribution in [-0.4, -0.2) is 45.8 Å². The Labute approximate surface area is 95.0 Å². The predicted octanol–water partition coefficient (Wildman–Crippen LogP) is 1.21. The lowest BCUT2D eigenvalue weighted by atomic mass is 10.1. The first-order chi connectivity index (χ1) is 7.84. The van der Waals surface area contributed by atoms with Crippen LogP contribution in [0.3, 0.4) is 0 Å². The van der Waals surface area contributed by atoms with E-state index in [9.17, 15) is 4.79 Å². The second-order valence-corrected chi connectivity index (χ2v) is 4.33. The SMILES string of the molecule is O=C(OCC1CCOC1)OCC1CCOC1. The van der Waals surface area contributed by atoms with E-state index in [0.29, 0.717) is 38.3 Å². The molecule has 2 unspecified atom stereocenters. The fourth-order valence-corrected chi connectivity index (χ4v) is 1.84. The summed E-state index contributed by atoms with van der Waals surface area (Å²) in [6.07, 6.45) is 1.35. The van der Waals surface area contributed by atoms with E-state index in [1.165, 1.54) is 0 Å². The highest BCUT2D eigenvalue weighted by Crippen LogP contribution is 2.14. The average molecular weight is 230 g/mol. The third kappa shape index (κ3) is 3.64. The molecule has 0 bridgehead atoms. The second-order valence-electron chi connectivity index (χ2n) is 4.33. The van der Waals surface area contributed by atoms with Crippen molar-refractivity contribution < 1.29 is 23.7 Å². The molecule has 16 heavy (non-hydrogen) atoms. The zero-order valence-corrected chi connectivity index (χ0v) is 9.35. The van der Waals surface area contributed by atoms with Gasteiger partial charge in [0.25, 0.3) is 0 Å². The molecule has 0 spiro atoms. The third-order valence-corrected chi connectivity index (χ3v) is 2.92. The van der Waals surface area contributed by atoms with Crippen LogP contribution >= 0.6 is 0 Å². The lowest BCUT2D eigenvalue weighted by Gasteiger charge is -2.11. The maximum atomic E-state index is 11.2. The van der Waals surface area contributed by atoms with Crippen LogP contribution in [0.1, 0.15) is 12.8 Å². The van der Waals surface area contributed by atoms with E-state index in [0.717, 1.165) is 26.1 Å². The van der Waals surface area contributed by atoms with Crippen LogP contribution in [0.2, 0.25) is 0 Å². The Morgan fingerprint density at radius 1 is 1.00 bits per heavy atom. The van der Waals surface area contributed by atoms with Crippen molar-refractivity contribution in [2.24, 2.45) is 11.8 Å². The van der Waals surface area contributed by atoms with E-state index in [4.69, 9.17) is 18.9 Å². The van der Waals surface area contributed by atoms with Gasteiger partial charge in [0.05, 0.1) is 13.2 Å². The minimum Gasteiger partial charge on any atom is -0.434 e. The zero-order valence-electron chi connectivity index (χ0n) is 9.35. The highest BCUT2D eigenvalue weighted by atomic mass is 16.7. The standard InChI is InChI=1S/C11H18O5/c12-11(15-7-9-1-3-13-5-9)16-8-10-2-4-14-6-10/h9-10H,1-8H2. The number of hydrogen-bond donors (Lipinski definition) is 0. The van der Waals surface area contributed by atoms with Gasteiger partial charge in [-0.25, -0.2) is 4.79 Å². The van der Waals surface area contributed by atoms with Gasteiger partial charge in [-0.2, -0.15) is 0 Å². The van der Waals surface area contributed by atoms with Crippen molar-refractivity contribution in [2.75, 3.05) is 39.6 Å². The fraction of sp³-hybridized carbons (Fsp3) is 0.909. The number of rotatable bonds is 4. The monoisotopic (exact) mass is 230 g/mol. The van der Waals surface area contributed by atoms with Crippen molar-refractivity contribution in [3.05, 3.63) is 0 Å². The van der Waals surface area contributed by atoms with Gasteiger partial charge in [0.15, 0.2) is 0 Å². The quantitative estimate of drug-likeness (QED) is 0.679. The van der Waals surface area contributed by atoms with E-state index >= 15 is 0 Å². The molecule has 5 heteroatoms. The van der Waals surface area contributed by atoms with Crippen LogP contribution in [0.15, 0.2) is 0 Å².